The van der Waals surface area contributed by atoms with Crippen molar-refractivity contribution >= 4 is 44.4 Å². The van der Waals surface area contributed by atoms with Crippen LogP contribution < -0.4 is 0 Å². The minimum atomic E-state index is -3.84. The molecule has 1 aliphatic heterocycles. The molecule has 1 saturated heterocycles. The molecule has 0 spiro atoms. The summed E-state index contributed by atoms with van der Waals surface area (Å²) in [5, 5.41) is 7.96. The molecular formula is C22H21ClN2O5S. The molecule has 1 amide bonds. The molecule has 1 fully saturated rings. The number of para-hydroxylation sites is 1. The van der Waals surface area contributed by atoms with E-state index in [4.69, 9.17) is 16.7 Å². The van der Waals surface area contributed by atoms with E-state index in [0.29, 0.717) is 16.5 Å². The van der Waals surface area contributed by atoms with Gasteiger partial charge in [0.2, 0.25) is 10.0 Å². The number of amides is 1. The van der Waals surface area contributed by atoms with E-state index < -0.39 is 26.7 Å². The van der Waals surface area contributed by atoms with Crippen molar-refractivity contribution in [3.8, 4) is 0 Å². The lowest BCUT2D eigenvalue weighted by molar-refractivity contribution is 0.0988. The van der Waals surface area contributed by atoms with Gasteiger partial charge < -0.3 is 10.0 Å². The number of Topliss-reactive ketones (excluding diaryl/α,β-unsaturated/α-hetero) is 1. The zero-order valence-electron chi connectivity index (χ0n) is 16.5. The van der Waals surface area contributed by atoms with Gasteiger partial charge in [0, 0.05) is 30.2 Å². The van der Waals surface area contributed by atoms with Gasteiger partial charge in [-0.2, -0.15) is 0 Å². The standard InChI is InChI=1S/C22H21ClN2O5S/c23-20(15-6-2-1-3-7-15)21(26)18-14-25(19-9-5-4-8-17(18)19)31(29,30)16-10-12-24(13-11-16)22(27)28/h1-9,14,16,20H,10-13H2,(H,27,28). The molecule has 162 valence electrons. The lowest BCUT2D eigenvalue weighted by Crippen LogP contribution is -2.43. The minimum absolute atomic E-state index is 0.155. The Morgan fingerprint density at radius 1 is 1.00 bits per heavy atom. The number of rotatable bonds is 5. The van der Waals surface area contributed by atoms with Crippen LogP contribution in [0.15, 0.2) is 60.8 Å². The smallest absolute Gasteiger partial charge is 0.407 e. The molecule has 9 heteroatoms. The maximum Gasteiger partial charge on any atom is 0.407 e. The highest BCUT2D eigenvalue weighted by atomic mass is 35.5. The Morgan fingerprint density at radius 3 is 2.26 bits per heavy atom. The number of nitrogens with zero attached hydrogens (tertiary/aromatic N) is 2. The second kappa shape index (κ2) is 8.36. The van der Waals surface area contributed by atoms with E-state index in [0.717, 1.165) is 3.97 Å². The van der Waals surface area contributed by atoms with Crippen molar-refractivity contribution in [2.24, 2.45) is 0 Å². The number of halogens is 1. The number of ketones is 1. The van der Waals surface area contributed by atoms with Gasteiger partial charge in [0.25, 0.3) is 0 Å². The number of likely N-dealkylation sites (tertiary alicyclic amines) is 1. The number of carbonyl (C=O) groups is 2. The van der Waals surface area contributed by atoms with Gasteiger partial charge in [0.05, 0.1) is 10.8 Å². The second-order valence-corrected chi connectivity index (χ2v) is 10.0. The van der Waals surface area contributed by atoms with Crippen molar-refractivity contribution in [3.05, 3.63) is 71.9 Å². The molecule has 0 bridgehead atoms. The summed E-state index contributed by atoms with van der Waals surface area (Å²) in [4.78, 5) is 25.5. The highest BCUT2D eigenvalue weighted by molar-refractivity contribution is 7.90. The molecule has 0 radical (unpaired) electrons. The predicted octanol–water partition coefficient (Wildman–Crippen LogP) is 4.12. The van der Waals surface area contributed by atoms with Gasteiger partial charge in [0.1, 0.15) is 5.38 Å². The summed E-state index contributed by atoms with van der Waals surface area (Å²) in [5.41, 5.74) is 1.28. The van der Waals surface area contributed by atoms with Crippen molar-refractivity contribution in [1.29, 1.82) is 0 Å². The highest BCUT2D eigenvalue weighted by Gasteiger charge is 2.35. The number of piperidine rings is 1. The van der Waals surface area contributed by atoms with Gasteiger partial charge in [-0.25, -0.2) is 17.2 Å². The van der Waals surface area contributed by atoms with Crippen LogP contribution >= 0.6 is 11.6 Å². The van der Waals surface area contributed by atoms with Crippen LogP contribution in [-0.2, 0) is 10.0 Å². The summed E-state index contributed by atoms with van der Waals surface area (Å²) >= 11 is 6.44. The van der Waals surface area contributed by atoms with Crippen LogP contribution in [0.5, 0.6) is 0 Å². The first kappa shape index (κ1) is 21.4. The monoisotopic (exact) mass is 460 g/mol. The van der Waals surface area contributed by atoms with Gasteiger partial charge >= 0.3 is 6.09 Å². The Hall–Kier alpha value is -2.84. The van der Waals surface area contributed by atoms with Crippen LogP contribution in [0.1, 0.15) is 34.1 Å². The van der Waals surface area contributed by atoms with Crippen LogP contribution in [-0.4, -0.2) is 52.6 Å². The summed E-state index contributed by atoms with van der Waals surface area (Å²) in [6, 6.07) is 15.7. The first-order chi connectivity index (χ1) is 14.8. The van der Waals surface area contributed by atoms with Crippen molar-refractivity contribution < 1.29 is 23.1 Å². The van der Waals surface area contributed by atoms with Crippen molar-refractivity contribution in [1.82, 2.24) is 8.87 Å². The van der Waals surface area contributed by atoms with E-state index in [2.05, 4.69) is 0 Å². The lowest BCUT2D eigenvalue weighted by atomic mass is 10.0. The number of alkyl halides is 1. The van der Waals surface area contributed by atoms with E-state index in [1.54, 1.807) is 48.5 Å². The van der Waals surface area contributed by atoms with Crippen LogP contribution in [0.4, 0.5) is 4.79 Å². The number of benzene rings is 2. The highest BCUT2D eigenvalue weighted by Crippen LogP contribution is 2.32. The summed E-state index contributed by atoms with van der Waals surface area (Å²) < 4.78 is 28.0. The maximum absolute atomic E-state index is 13.4. The fraction of sp³-hybridized carbons (Fsp3) is 0.273. The lowest BCUT2D eigenvalue weighted by Gasteiger charge is -2.29. The number of carbonyl (C=O) groups excluding carboxylic acids is 1. The first-order valence-electron chi connectivity index (χ1n) is 9.86. The summed E-state index contributed by atoms with van der Waals surface area (Å²) in [5.74, 6) is -0.376. The molecule has 4 rings (SSSR count). The van der Waals surface area contributed by atoms with E-state index in [1.807, 2.05) is 6.07 Å². The number of hydrogen-bond acceptors (Lipinski definition) is 4. The van der Waals surface area contributed by atoms with E-state index in [1.165, 1.54) is 11.1 Å². The van der Waals surface area contributed by atoms with Crippen molar-refractivity contribution in [2.45, 2.75) is 23.5 Å². The fourth-order valence-corrected chi connectivity index (χ4v) is 6.05. The fourth-order valence-electron chi connectivity index (χ4n) is 3.97. The summed E-state index contributed by atoms with van der Waals surface area (Å²) in [6.45, 7) is 0.309. The van der Waals surface area contributed by atoms with E-state index in [-0.39, 0.29) is 37.3 Å². The number of aromatic nitrogens is 1. The molecule has 3 aromatic rings. The number of carboxylic acid groups (broad SMARTS) is 1. The minimum Gasteiger partial charge on any atom is -0.465 e. The number of fused-ring (bicyclic) bond motifs is 1. The molecule has 1 aliphatic rings. The first-order valence-corrected chi connectivity index (χ1v) is 11.8. The third-order valence-corrected chi connectivity index (χ3v) is 8.29. The van der Waals surface area contributed by atoms with Gasteiger partial charge in [-0.15, -0.1) is 11.6 Å². The Kier molecular flexibility index (Phi) is 5.77. The maximum atomic E-state index is 13.4. The van der Waals surface area contributed by atoms with Gasteiger partial charge in [-0.1, -0.05) is 48.5 Å². The molecule has 2 heterocycles. The SMILES string of the molecule is O=C(c1cn(S(=O)(=O)C2CCN(C(=O)O)CC2)c2ccccc12)C(Cl)c1ccccc1. The molecule has 1 atom stereocenters. The van der Waals surface area contributed by atoms with E-state index in [9.17, 15) is 18.0 Å². The molecule has 31 heavy (non-hydrogen) atoms. The Morgan fingerprint density at radius 2 is 1.61 bits per heavy atom. The van der Waals surface area contributed by atoms with Crippen molar-refractivity contribution in [3.63, 3.8) is 0 Å². The Balaban J connectivity index is 1.72. The van der Waals surface area contributed by atoms with Crippen LogP contribution in [0.2, 0.25) is 0 Å². The van der Waals surface area contributed by atoms with Gasteiger partial charge in [-0.3, -0.25) is 4.79 Å². The molecule has 1 N–H and O–H groups in total. The number of hydrogen-bond donors (Lipinski definition) is 1. The third kappa shape index (κ3) is 3.93. The van der Waals surface area contributed by atoms with Gasteiger partial charge in [0.15, 0.2) is 5.78 Å². The average molecular weight is 461 g/mol. The largest absolute Gasteiger partial charge is 0.465 e. The molecule has 1 aromatic heterocycles. The third-order valence-electron chi connectivity index (χ3n) is 5.67. The molecule has 7 nitrogen and oxygen atoms in total. The zero-order valence-corrected chi connectivity index (χ0v) is 18.1. The second-order valence-electron chi connectivity index (χ2n) is 7.51. The zero-order chi connectivity index (χ0) is 22.2. The van der Waals surface area contributed by atoms with Crippen molar-refractivity contribution in [2.75, 3.05) is 13.1 Å². The quantitative estimate of drug-likeness (QED) is 0.456. The van der Waals surface area contributed by atoms with Crippen LogP contribution in [0, 0.1) is 0 Å². The molecule has 0 aliphatic carbocycles. The summed E-state index contributed by atoms with van der Waals surface area (Å²) in [7, 11) is -3.84. The summed E-state index contributed by atoms with van der Waals surface area (Å²) in [6.07, 6.45) is 0.702. The van der Waals surface area contributed by atoms with Crippen LogP contribution in [0.3, 0.4) is 0 Å². The van der Waals surface area contributed by atoms with Gasteiger partial charge in [-0.05, 0) is 24.5 Å². The Bertz CT molecular complexity index is 1230. The predicted molar refractivity (Wildman–Crippen MR) is 118 cm³/mol. The average Bonchev–Trinajstić information content (AvgIpc) is 3.19. The van der Waals surface area contributed by atoms with E-state index >= 15 is 0 Å². The molecular weight excluding hydrogens is 440 g/mol. The van der Waals surface area contributed by atoms with Crippen LogP contribution in [0.25, 0.3) is 10.9 Å². The topological polar surface area (TPSA) is 96.7 Å². The molecule has 0 saturated carbocycles. The normalized spacial score (nSPS) is 16.4. The molecule has 2 aromatic carbocycles. The Labute approximate surface area is 184 Å². The molecule has 1 unspecified atom stereocenters.